The lowest BCUT2D eigenvalue weighted by molar-refractivity contribution is 0.0376. The van der Waals surface area contributed by atoms with Crippen molar-refractivity contribution in [3.8, 4) is 0 Å². The SMILES string of the molecule is O=C(c1coc2ccccc2c1=O)N(CCCN1CCOCC1)c1nc2ccc(Br)cc2s1. The number of hydrogen-bond acceptors (Lipinski definition) is 7. The van der Waals surface area contributed by atoms with Gasteiger partial charge in [-0.3, -0.25) is 19.4 Å². The zero-order chi connectivity index (χ0) is 22.8. The fourth-order valence-corrected chi connectivity index (χ4v) is 5.48. The molecule has 170 valence electrons. The second-order valence-electron chi connectivity index (χ2n) is 7.85. The number of carbonyl (C=O) groups excluding carboxylic acids is 1. The summed E-state index contributed by atoms with van der Waals surface area (Å²) in [6.07, 6.45) is 2.02. The lowest BCUT2D eigenvalue weighted by Crippen LogP contribution is -2.40. The average molecular weight is 528 g/mol. The Hall–Kier alpha value is -2.59. The first-order valence-electron chi connectivity index (χ1n) is 10.8. The van der Waals surface area contributed by atoms with Crippen molar-refractivity contribution in [3.05, 3.63) is 69.0 Å². The van der Waals surface area contributed by atoms with E-state index >= 15 is 0 Å². The van der Waals surface area contributed by atoms with Gasteiger partial charge < -0.3 is 9.15 Å². The highest BCUT2D eigenvalue weighted by molar-refractivity contribution is 9.10. The molecule has 1 amide bonds. The molecule has 0 aliphatic carbocycles. The number of hydrogen-bond donors (Lipinski definition) is 0. The minimum atomic E-state index is -0.394. The lowest BCUT2D eigenvalue weighted by Gasteiger charge is -2.27. The summed E-state index contributed by atoms with van der Waals surface area (Å²) in [6, 6.07) is 12.8. The van der Waals surface area contributed by atoms with Crippen LogP contribution in [0.5, 0.6) is 0 Å². The van der Waals surface area contributed by atoms with E-state index in [4.69, 9.17) is 14.1 Å². The van der Waals surface area contributed by atoms with Gasteiger partial charge in [-0.2, -0.15) is 0 Å². The summed E-state index contributed by atoms with van der Waals surface area (Å²) in [4.78, 5) is 35.3. The molecule has 3 heterocycles. The first kappa shape index (κ1) is 22.2. The predicted octanol–water partition coefficient (Wildman–Crippen LogP) is 4.53. The van der Waals surface area contributed by atoms with Gasteiger partial charge in [0.25, 0.3) is 5.91 Å². The normalized spacial score (nSPS) is 14.7. The number of anilines is 1. The number of thiazole rings is 1. The number of benzene rings is 2. The Labute approximate surface area is 202 Å². The topological polar surface area (TPSA) is 75.9 Å². The molecule has 1 saturated heterocycles. The van der Waals surface area contributed by atoms with Gasteiger partial charge in [-0.15, -0.1) is 0 Å². The number of amides is 1. The Bertz CT molecular complexity index is 1360. The third kappa shape index (κ3) is 4.72. The van der Waals surface area contributed by atoms with Crippen LogP contribution in [0.15, 0.2) is 62.4 Å². The number of aromatic nitrogens is 1. The molecule has 0 radical (unpaired) electrons. The van der Waals surface area contributed by atoms with Crippen molar-refractivity contribution in [2.75, 3.05) is 44.3 Å². The number of fused-ring (bicyclic) bond motifs is 2. The molecule has 1 aliphatic rings. The van der Waals surface area contributed by atoms with Gasteiger partial charge in [0, 0.05) is 30.7 Å². The maximum Gasteiger partial charge on any atom is 0.267 e. The Kier molecular flexibility index (Phi) is 6.55. The van der Waals surface area contributed by atoms with E-state index in [-0.39, 0.29) is 11.0 Å². The summed E-state index contributed by atoms with van der Waals surface area (Å²) in [5, 5.41) is 0.965. The number of nitrogens with zero attached hydrogens (tertiary/aromatic N) is 3. The van der Waals surface area contributed by atoms with E-state index in [0.717, 1.165) is 54.0 Å². The quantitative estimate of drug-likeness (QED) is 0.366. The lowest BCUT2D eigenvalue weighted by atomic mass is 10.1. The molecule has 0 spiro atoms. The van der Waals surface area contributed by atoms with E-state index in [9.17, 15) is 9.59 Å². The molecule has 1 aliphatic heterocycles. The van der Waals surface area contributed by atoms with Crippen molar-refractivity contribution in [2.24, 2.45) is 0 Å². The van der Waals surface area contributed by atoms with Gasteiger partial charge in [-0.25, -0.2) is 4.98 Å². The molecule has 0 atom stereocenters. The highest BCUT2D eigenvalue weighted by Gasteiger charge is 2.25. The number of ether oxygens (including phenoxy) is 1. The Morgan fingerprint density at radius 2 is 2.00 bits per heavy atom. The third-order valence-corrected chi connectivity index (χ3v) is 7.22. The first-order valence-corrected chi connectivity index (χ1v) is 12.4. The number of halogens is 1. The van der Waals surface area contributed by atoms with Crippen LogP contribution in [-0.2, 0) is 4.74 Å². The highest BCUT2D eigenvalue weighted by atomic mass is 79.9. The van der Waals surface area contributed by atoms with Gasteiger partial charge in [-0.1, -0.05) is 39.4 Å². The molecule has 0 bridgehead atoms. The minimum absolute atomic E-state index is 0.0144. The third-order valence-electron chi connectivity index (χ3n) is 5.69. The van der Waals surface area contributed by atoms with Crippen LogP contribution < -0.4 is 10.3 Å². The molecule has 2 aromatic carbocycles. The average Bonchev–Trinajstić information content (AvgIpc) is 3.25. The van der Waals surface area contributed by atoms with Crippen LogP contribution in [0.4, 0.5) is 5.13 Å². The Balaban J connectivity index is 1.47. The van der Waals surface area contributed by atoms with Gasteiger partial charge >= 0.3 is 0 Å². The van der Waals surface area contributed by atoms with Crippen LogP contribution in [0.25, 0.3) is 21.2 Å². The smallest absolute Gasteiger partial charge is 0.267 e. The molecule has 2 aromatic heterocycles. The van der Waals surface area contributed by atoms with Gasteiger partial charge in [-0.05, 0) is 36.8 Å². The molecule has 33 heavy (non-hydrogen) atoms. The molecule has 9 heteroatoms. The summed E-state index contributed by atoms with van der Waals surface area (Å²) < 4.78 is 13.0. The first-order chi connectivity index (χ1) is 16.1. The number of para-hydroxylation sites is 1. The van der Waals surface area contributed by atoms with Crippen molar-refractivity contribution < 1.29 is 13.9 Å². The standard InChI is InChI=1S/C24H22BrN3O4S/c25-16-6-7-19-21(14-16)33-24(26-19)28(9-3-8-27-10-12-31-13-11-27)23(30)18-15-32-20-5-2-1-4-17(20)22(18)29/h1-2,4-7,14-15H,3,8-13H2. The number of morpholine rings is 1. The van der Waals surface area contributed by atoms with E-state index in [1.165, 1.54) is 17.6 Å². The van der Waals surface area contributed by atoms with Crippen LogP contribution in [0.1, 0.15) is 16.8 Å². The molecule has 5 rings (SSSR count). The van der Waals surface area contributed by atoms with Crippen molar-refractivity contribution >= 4 is 59.5 Å². The monoisotopic (exact) mass is 527 g/mol. The van der Waals surface area contributed by atoms with Crippen molar-refractivity contribution in [3.63, 3.8) is 0 Å². The number of carbonyl (C=O) groups is 1. The fraction of sp³-hybridized carbons (Fsp3) is 0.292. The van der Waals surface area contributed by atoms with Gasteiger partial charge in [0.1, 0.15) is 17.4 Å². The molecule has 4 aromatic rings. The van der Waals surface area contributed by atoms with Gasteiger partial charge in [0.15, 0.2) is 5.13 Å². The predicted molar refractivity (Wildman–Crippen MR) is 133 cm³/mol. The summed E-state index contributed by atoms with van der Waals surface area (Å²) in [5.41, 5.74) is 0.960. The molecule has 1 fully saturated rings. The highest BCUT2D eigenvalue weighted by Crippen LogP contribution is 2.31. The Morgan fingerprint density at radius 1 is 1.18 bits per heavy atom. The number of rotatable bonds is 6. The minimum Gasteiger partial charge on any atom is -0.463 e. The second-order valence-corrected chi connectivity index (χ2v) is 9.77. The van der Waals surface area contributed by atoms with E-state index in [1.807, 2.05) is 18.2 Å². The zero-order valence-corrected chi connectivity index (χ0v) is 20.2. The second kappa shape index (κ2) is 9.72. The van der Waals surface area contributed by atoms with Crippen molar-refractivity contribution in [1.29, 1.82) is 0 Å². The van der Waals surface area contributed by atoms with Crippen molar-refractivity contribution in [1.82, 2.24) is 9.88 Å². The largest absolute Gasteiger partial charge is 0.463 e. The van der Waals surface area contributed by atoms with E-state index < -0.39 is 5.91 Å². The van der Waals surface area contributed by atoms with Crippen LogP contribution in [0, 0.1) is 0 Å². The molecular weight excluding hydrogens is 506 g/mol. The molecule has 0 N–H and O–H groups in total. The van der Waals surface area contributed by atoms with Crippen LogP contribution >= 0.6 is 27.3 Å². The van der Waals surface area contributed by atoms with E-state index in [1.54, 1.807) is 29.2 Å². The van der Waals surface area contributed by atoms with Gasteiger partial charge in [0.2, 0.25) is 5.43 Å². The molecule has 0 unspecified atom stereocenters. The maximum atomic E-state index is 13.6. The molecule has 0 saturated carbocycles. The van der Waals surface area contributed by atoms with Crippen LogP contribution in [-0.4, -0.2) is 55.2 Å². The molecule has 7 nitrogen and oxygen atoms in total. The molecular formula is C24H22BrN3O4S. The Morgan fingerprint density at radius 3 is 2.85 bits per heavy atom. The van der Waals surface area contributed by atoms with E-state index in [0.29, 0.717) is 22.6 Å². The summed E-state index contributed by atoms with van der Waals surface area (Å²) in [7, 11) is 0. The van der Waals surface area contributed by atoms with Crippen LogP contribution in [0.2, 0.25) is 0 Å². The summed E-state index contributed by atoms with van der Waals surface area (Å²) in [5.74, 6) is -0.394. The zero-order valence-electron chi connectivity index (χ0n) is 17.8. The summed E-state index contributed by atoms with van der Waals surface area (Å²) >= 11 is 4.93. The van der Waals surface area contributed by atoms with Crippen LogP contribution in [0.3, 0.4) is 0 Å². The summed E-state index contributed by atoms with van der Waals surface area (Å²) in [6.45, 7) is 4.52. The maximum absolute atomic E-state index is 13.6. The fourth-order valence-electron chi connectivity index (χ4n) is 3.93. The van der Waals surface area contributed by atoms with Gasteiger partial charge in [0.05, 0.1) is 28.8 Å². The van der Waals surface area contributed by atoms with E-state index in [2.05, 4.69) is 20.8 Å². The van der Waals surface area contributed by atoms with Crippen molar-refractivity contribution in [2.45, 2.75) is 6.42 Å².